The largest absolute Gasteiger partial charge is 0.496 e. The summed E-state index contributed by atoms with van der Waals surface area (Å²) < 4.78 is 62.2. The third-order valence-corrected chi connectivity index (χ3v) is 2.75. The van der Waals surface area contributed by atoms with E-state index in [2.05, 4.69) is 9.72 Å². The first kappa shape index (κ1) is 16.0. The number of nitrogens with zero attached hydrogens (tertiary/aromatic N) is 1. The molecule has 0 fully saturated rings. The first-order chi connectivity index (χ1) is 10.3. The molecule has 22 heavy (non-hydrogen) atoms. The summed E-state index contributed by atoms with van der Waals surface area (Å²) in [5.41, 5.74) is -0.338. The Balaban J connectivity index is 2.42. The van der Waals surface area contributed by atoms with Crippen LogP contribution in [0.4, 0.5) is 17.6 Å². The van der Waals surface area contributed by atoms with Crippen LogP contribution in [0.5, 0.6) is 11.5 Å². The van der Waals surface area contributed by atoms with Gasteiger partial charge < -0.3 is 9.47 Å². The molecule has 116 valence electrons. The van der Waals surface area contributed by atoms with E-state index < -0.39 is 35.0 Å². The Bertz CT molecular complexity index is 728. The molecular weight excluding hydrogens is 330 g/mol. The molecular formula is C13H6ClF4NO3. The molecule has 0 aliphatic heterocycles. The number of esters is 1. The molecule has 0 atom stereocenters. The zero-order chi connectivity index (χ0) is 16.4. The van der Waals surface area contributed by atoms with E-state index >= 15 is 0 Å². The zero-order valence-electron chi connectivity index (χ0n) is 10.8. The first-order valence-corrected chi connectivity index (χ1v) is 5.97. The van der Waals surface area contributed by atoms with Gasteiger partial charge in [0.2, 0.25) is 17.4 Å². The monoisotopic (exact) mass is 335 g/mol. The van der Waals surface area contributed by atoms with Gasteiger partial charge in [0.1, 0.15) is 16.5 Å². The van der Waals surface area contributed by atoms with E-state index in [0.717, 1.165) is 12.3 Å². The third kappa shape index (κ3) is 2.96. The molecule has 0 saturated carbocycles. The van der Waals surface area contributed by atoms with E-state index in [4.69, 9.17) is 16.3 Å². The fraction of sp³-hybridized carbons (Fsp3) is 0.0769. The highest BCUT2D eigenvalue weighted by atomic mass is 35.5. The number of pyridine rings is 1. The summed E-state index contributed by atoms with van der Waals surface area (Å²) in [6, 6.07) is 1.14. The predicted octanol–water partition coefficient (Wildman–Crippen LogP) is 3.52. The van der Waals surface area contributed by atoms with E-state index in [1.54, 1.807) is 0 Å². The highest BCUT2D eigenvalue weighted by Gasteiger charge is 2.25. The molecule has 0 amide bonds. The van der Waals surface area contributed by atoms with Gasteiger partial charge in [-0.15, -0.1) is 0 Å². The quantitative estimate of drug-likeness (QED) is 0.283. The number of aromatic nitrogens is 1. The van der Waals surface area contributed by atoms with Crippen molar-refractivity contribution in [3.63, 3.8) is 0 Å². The summed E-state index contributed by atoms with van der Waals surface area (Å²) in [4.78, 5) is 15.4. The van der Waals surface area contributed by atoms with Gasteiger partial charge in [-0.3, -0.25) is 0 Å². The average Bonchev–Trinajstić information content (AvgIpc) is 2.49. The maximum absolute atomic E-state index is 13.4. The van der Waals surface area contributed by atoms with Crippen molar-refractivity contribution in [1.29, 1.82) is 0 Å². The van der Waals surface area contributed by atoms with Gasteiger partial charge in [0.15, 0.2) is 11.6 Å². The van der Waals surface area contributed by atoms with Crippen molar-refractivity contribution >= 4 is 17.6 Å². The fourth-order valence-corrected chi connectivity index (χ4v) is 1.67. The lowest BCUT2D eigenvalue weighted by molar-refractivity contribution is 0.0713. The minimum absolute atomic E-state index is 0.00751. The van der Waals surface area contributed by atoms with E-state index in [1.165, 1.54) is 7.11 Å². The number of carbonyl (C=O) groups is 1. The summed E-state index contributed by atoms with van der Waals surface area (Å²) in [7, 11) is 1.20. The fourth-order valence-electron chi connectivity index (χ4n) is 1.52. The second-order valence-electron chi connectivity index (χ2n) is 3.89. The molecule has 4 nitrogen and oxygen atoms in total. The van der Waals surface area contributed by atoms with Gasteiger partial charge in [0, 0.05) is 18.3 Å². The minimum Gasteiger partial charge on any atom is -0.496 e. The van der Waals surface area contributed by atoms with E-state index in [0.29, 0.717) is 0 Å². The maximum Gasteiger partial charge on any atom is 0.349 e. The number of hydrogen-bond donors (Lipinski definition) is 0. The van der Waals surface area contributed by atoms with Crippen molar-refractivity contribution in [2.75, 3.05) is 7.11 Å². The Morgan fingerprint density at radius 3 is 2.27 bits per heavy atom. The van der Waals surface area contributed by atoms with Crippen molar-refractivity contribution in [3.8, 4) is 11.5 Å². The lowest BCUT2D eigenvalue weighted by Gasteiger charge is -2.10. The Morgan fingerprint density at radius 2 is 1.73 bits per heavy atom. The van der Waals surface area contributed by atoms with Crippen LogP contribution in [-0.4, -0.2) is 18.1 Å². The number of ether oxygens (including phenoxy) is 2. The normalized spacial score (nSPS) is 10.5. The lowest BCUT2D eigenvalue weighted by Crippen LogP contribution is -2.14. The highest BCUT2D eigenvalue weighted by Crippen LogP contribution is 2.29. The van der Waals surface area contributed by atoms with Gasteiger partial charge in [0.05, 0.1) is 7.11 Å². The molecule has 0 aliphatic rings. The Hall–Kier alpha value is -2.35. The third-order valence-electron chi connectivity index (χ3n) is 2.54. The van der Waals surface area contributed by atoms with Crippen LogP contribution in [0.15, 0.2) is 18.3 Å². The van der Waals surface area contributed by atoms with Crippen LogP contribution < -0.4 is 9.47 Å². The topological polar surface area (TPSA) is 48.4 Å². The molecule has 2 aromatic rings. The summed E-state index contributed by atoms with van der Waals surface area (Å²) in [5.74, 6) is -10.0. The number of carbonyl (C=O) groups excluding carboxylic acids is 1. The van der Waals surface area contributed by atoms with Crippen LogP contribution in [-0.2, 0) is 0 Å². The SMILES string of the molecule is COc1cc(Cl)ncc1C(=O)Oc1c(F)c(F)cc(F)c1F. The average molecular weight is 336 g/mol. The molecule has 1 heterocycles. The number of rotatable bonds is 3. The first-order valence-electron chi connectivity index (χ1n) is 5.59. The second-order valence-corrected chi connectivity index (χ2v) is 4.28. The maximum atomic E-state index is 13.4. The number of methoxy groups -OCH3 is 1. The Labute approximate surface area is 126 Å². The number of halogens is 5. The molecule has 0 aliphatic carbocycles. The molecule has 9 heteroatoms. The minimum atomic E-state index is -1.84. The zero-order valence-corrected chi connectivity index (χ0v) is 11.5. The van der Waals surface area contributed by atoms with Crippen LogP contribution in [0.3, 0.4) is 0 Å². The Morgan fingerprint density at radius 1 is 1.14 bits per heavy atom. The number of hydrogen-bond acceptors (Lipinski definition) is 4. The standard InChI is InChI=1S/C13H6ClF4NO3/c1-21-8-3-9(14)19-4-5(8)13(20)22-12-10(17)6(15)2-7(16)11(12)18/h2-4H,1H3. The smallest absolute Gasteiger partial charge is 0.349 e. The van der Waals surface area contributed by atoms with Gasteiger partial charge in [0.25, 0.3) is 0 Å². The molecule has 2 rings (SSSR count). The van der Waals surface area contributed by atoms with E-state index in [1.807, 2.05) is 0 Å². The molecule has 0 radical (unpaired) electrons. The van der Waals surface area contributed by atoms with Crippen LogP contribution in [0.25, 0.3) is 0 Å². The van der Waals surface area contributed by atoms with Gasteiger partial charge in [-0.1, -0.05) is 11.6 Å². The molecule has 1 aromatic carbocycles. The summed E-state index contributed by atoms with van der Waals surface area (Å²) in [5, 5.41) is -0.0115. The van der Waals surface area contributed by atoms with Crippen molar-refractivity contribution in [2.45, 2.75) is 0 Å². The van der Waals surface area contributed by atoms with Gasteiger partial charge in [-0.2, -0.15) is 8.78 Å². The molecule has 1 aromatic heterocycles. The van der Waals surface area contributed by atoms with Crippen LogP contribution >= 0.6 is 11.6 Å². The van der Waals surface area contributed by atoms with Crippen molar-refractivity contribution < 1.29 is 31.8 Å². The van der Waals surface area contributed by atoms with Crippen LogP contribution in [0.1, 0.15) is 10.4 Å². The number of benzene rings is 1. The van der Waals surface area contributed by atoms with E-state index in [9.17, 15) is 22.4 Å². The highest BCUT2D eigenvalue weighted by molar-refractivity contribution is 6.29. The summed E-state index contributed by atoms with van der Waals surface area (Å²) >= 11 is 5.59. The summed E-state index contributed by atoms with van der Waals surface area (Å²) in [6.45, 7) is 0. The van der Waals surface area contributed by atoms with Crippen LogP contribution in [0.2, 0.25) is 5.15 Å². The van der Waals surface area contributed by atoms with Gasteiger partial charge in [-0.05, 0) is 0 Å². The van der Waals surface area contributed by atoms with Gasteiger partial charge >= 0.3 is 5.97 Å². The molecule has 0 bridgehead atoms. The molecule has 0 unspecified atom stereocenters. The van der Waals surface area contributed by atoms with Crippen molar-refractivity contribution in [2.24, 2.45) is 0 Å². The Kier molecular flexibility index (Phi) is 4.51. The lowest BCUT2D eigenvalue weighted by atomic mass is 10.2. The van der Waals surface area contributed by atoms with Crippen molar-refractivity contribution in [1.82, 2.24) is 4.98 Å². The molecule has 0 spiro atoms. The predicted molar refractivity (Wildman–Crippen MR) is 67.0 cm³/mol. The van der Waals surface area contributed by atoms with E-state index in [-0.39, 0.29) is 22.5 Å². The van der Waals surface area contributed by atoms with Crippen molar-refractivity contribution in [3.05, 3.63) is 52.3 Å². The molecule has 0 N–H and O–H groups in total. The summed E-state index contributed by atoms with van der Waals surface area (Å²) in [6.07, 6.45) is 0.926. The van der Waals surface area contributed by atoms with Gasteiger partial charge in [-0.25, -0.2) is 18.6 Å². The van der Waals surface area contributed by atoms with Crippen LogP contribution in [0, 0.1) is 23.3 Å². The molecule has 0 saturated heterocycles. The second kappa shape index (κ2) is 6.18.